The van der Waals surface area contributed by atoms with Crippen LogP contribution in [0.2, 0.25) is 10.3 Å². The van der Waals surface area contributed by atoms with Crippen molar-refractivity contribution in [3.8, 4) is 23.4 Å². The van der Waals surface area contributed by atoms with Gasteiger partial charge in [-0.25, -0.2) is 38.7 Å². The fourth-order valence-corrected chi connectivity index (χ4v) is 13.5. The number of rotatable bonds is 28. The van der Waals surface area contributed by atoms with Crippen LogP contribution in [-0.2, 0) is 20.0 Å². The van der Waals surface area contributed by atoms with E-state index in [1.54, 1.807) is 48.8 Å². The number of carbonyl (C=O) groups excluding carboxylic acids is 2. The lowest BCUT2D eigenvalue weighted by Gasteiger charge is -2.17. The molecule has 20 nitrogen and oxygen atoms in total. The van der Waals surface area contributed by atoms with E-state index in [0.29, 0.717) is 83.0 Å². The molecule has 4 N–H and O–H groups in total. The molecule has 0 aliphatic heterocycles. The lowest BCUT2D eigenvalue weighted by Crippen LogP contribution is -2.31. The van der Waals surface area contributed by atoms with Crippen molar-refractivity contribution in [3.63, 3.8) is 0 Å². The number of nitrogens with one attached hydrogen (secondary N) is 4. The summed E-state index contributed by atoms with van der Waals surface area (Å²) in [5, 5.41) is 14.3. The molecule has 24 heteroatoms. The van der Waals surface area contributed by atoms with Crippen LogP contribution < -0.4 is 29.6 Å². The Bertz CT molecular complexity index is 3340. The van der Waals surface area contributed by atoms with E-state index in [9.17, 15) is 26.4 Å². The lowest BCUT2D eigenvalue weighted by atomic mass is 9.89. The molecular formula is C62H82Cl2N12O8S2. The van der Waals surface area contributed by atoms with Crippen molar-refractivity contribution >= 4 is 66.7 Å². The predicted molar refractivity (Wildman–Crippen MR) is 332 cm³/mol. The molecule has 0 spiro atoms. The second-order valence-corrected chi connectivity index (χ2v) is 30.0. The quantitative estimate of drug-likeness (QED) is 0.0263. The molecule has 4 aliphatic carbocycles. The molecule has 2 amide bonds. The van der Waals surface area contributed by atoms with Gasteiger partial charge in [-0.3, -0.25) is 9.59 Å². The van der Waals surface area contributed by atoms with Crippen molar-refractivity contribution in [3.05, 3.63) is 107 Å². The summed E-state index contributed by atoms with van der Waals surface area (Å²) in [5.41, 5.74) is 1.54. The number of aromatic nitrogens is 8. The molecule has 0 saturated heterocycles. The molecule has 6 heterocycles. The summed E-state index contributed by atoms with van der Waals surface area (Å²) in [7, 11) is -8.50. The van der Waals surface area contributed by atoms with Gasteiger partial charge in [0, 0.05) is 37.6 Å². The maximum Gasteiger partial charge on any atom is 0.281 e. The van der Waals surface area contributed by atoms with E-state index in [2.05, 4.69) is 91.8 Å². The number of nitrogens with zero attached hydrogens (tertiary/aromatic N) is 8. The maximum absolute atomic E-state index is 13.0. The molecule has 0 aromatic carbocycles. The van der Waals surface area contributed by atoms with Crippen LogP contribution in [0.4, 0.5) is 11.6 Å². The summed E-state index contributed by atoms with van der Waals surface area (Å²) in [6.45, 7) is 16.4. The zero-order valence-corrected chi connectivity index (χ0v) is 53.4. The van der Waals surface area contributed by atoms with Crippen LogP contribution in [0.25, 0.3) is 11.6 Å². The third-order valence-electron chi connectivity index (χ3n) is 17.2. The first kappa shape index (κ1) is 64.1. The summed E-state index contributed by atoms with van der Waals surface area (Å²) in [5.74, 6) is 2.31. The van der Waals surface area contributed by atoms with Gasteiger partial charge in [0.15, 0.2) is 21.7 Å². The first-order valence-corrected chi connectivity index (χ1v) is 33.8. The number of ether oxygens (including phenoxy) is 2. The maximum atomic E-state index is 13.0. The average Bonchev–Trinajstić information content (AvgIpc) is 2.59. The number of hydrogen-bond donors (Lipinski definition) is 4. The third-order valence-corrected chi connectivity index (χ3v) is 20.2. The summed E-state index contributed by atoms with van der Waals surface area (Å²) in [4.78, 5) is 42.7. The Morgan fingerprint density at radius 1 is 0.547 bits per heavy atom. The molecule has 6 aromatic rings. The van der Waals surface area contributed by atoms with Crippen molar-refractivity contribution < 1.29 is 35.9 Å². The minimum atomic E-state index is -4.25. The lowest BCUT2D eigenvalue weighted by molar-refractivity contribution is 0.0972. The highest BCUT2D eigenvalue weighted by molar-refractivity contribution is 7.90. The molecule has 4 saturated carbocycles. The number of amides is 2. The van der Waals surface area contributed by atoms with Gasteiger partial charge in [-0.05, 0) is 172 Å². The van der Waals surface area contributed by atoms with Gasteiger partial charge in [0.05, 0.1) is 24.3 Å². The topological polar surface area (TPSA) is 256 Å². The first-order chi connectivity index (χ1) is 40.8. The van der Waals surface area contributed by atoms with Gasteiger partial charge >= 0.3 is 0 Å². The monoisotopic (exact) mass is 1260 g/mol. The highest BCUT2D eigenvalue weighted by atomic mass is 35.5. The van der Waals surface area contributed by atoms with E-state index in [-0.39, 0.29) is 31.5 Å². The van der Waals surface area contributed by atoms with Crippen molar-refractivity contribution in [1.29, 1.82) is 0 Å². The second-order valence-electron chi connectivity index (χ2n) is 26.0. The number of halogens is 2. The van der Waals surface area contributed by atoms with Gasteiger partial charge in [0.1, 0.15) is 21.9 Å². The Morgan fingerprint density at radius 3 is 1.31 bits per heavy atom. The van der Waals surface area contributed by atoms with Gasteiger partial charge in [-0.15, -0.1) is 10.2 Å². The van der Waals surface area contributed by atoms with Crippen molar-refractivity contribution in [1.82, 2.24) is 48.9 Å². The first-order valence-electron chi connectivity index (χ1n) is 30.1. The second kappa shape index (κ2) is 27.4. The van der Waals surface area contributed by atoms with Crippen LogP contribution in [0.1, 0.15) is 178 Å². The molecule has 4 aliphatic rings. The van der Waals surface area contributed by atoms with Gasteiger partial charge in [-0.2, -0.15) is 16.8 Å². The number of pyridine rings is 4. The van der Waals surface area contributed by atoms with E-state index in [1.807, 2.05) is 0 Å². The zero-order valence-electron chi connectivity index (χ0n) is 50.2. The largest absolute Gasteiger partial charge is 0.477 e. The number of carbonyl (C=O) groups is 2. The number of sulfonamides is 2. The summed E-state index contributed by atoms with van der Waals surface area (Å²) >= 11 is 12.6. The van der Waals surface area contributed by atoms with E-state index in [0.717, 1.165) is 50.4 Å². The third kappa shape index (κ3) is 18.4. The van der Waals surface area contributed by atoms with Crippen LogP contribution in [0.5, 0.6) is 11.8 Å². The van der Waals surface area contributed by atoms with Crippen LogP contribution >= 0.6 is 23.2 Å². The molecule has 4 fully saturated rings. The molecule has 2 unspecified atom stereocenters. The van der Waals surface area contributed by atoms with E-state index >= 15 is 0 Å². The van der Waals surface area contributed by atoms with Crippen molar-refractivity contribution in [2.75, 3.05) is 36.9 Å². The SMILES string of the molecule is CC1(C)CCC(CCCCNc2cccc(S(=O)(=O)NC(=O)c3ccc(-n4ccc(OCCC5(C)CC5)n4)nc3Cl)n2)C1.CC1(C)CCC(CCCCNc2cccc(S(=O)(=O)NC(=O)c3ccc(-n4ccc(OCCC5(C)CC5)n4)nc3Cl)n2)C1. The van der Waals surface area contributed by atoms with Crippen LogP contribution in [0.3, 0.4) is 0 Å². The Morgan fingerprint density at radius 2 is 0.953 bits per heavy atom. The van der Waals surface area contributed by atoms with E-state index in [4.69, 9.17) is 32.7 Å². The standard InChI is InChI=1S/2C31H41ClN6O4S/c2*1-30(2)14-12-22(21-30)7-4-5-18-33-24-8-6-9-27(34-24)43(40,41)37-29(39)23-10-11-25(35-28(23)32)38-19-13-26(36-38)42-20-17-31(3)15-16-31/h2*6,8-11,13,19,22H,4-5,7,12,14-18,20-21H2,1-3H3,(H,33,34)(H,37,39). The average molecular weight is 1260 g/mol. The Kier molecular flexibility index (Phi) is 20.4. The van der Waals surface area contributed by atoms with Gasteiger partial charge in [-0.1, -0.05) is 103 Å². The smallest absolute Gasteiger partial charge is 0.281 e. The number of anilines is 2. The predicted octanol–water partition coefficient (Wildman–Crippen LogP) is 12.8. The zero-order chi connectivity index (χ0) is 61.3. The van der Waals surface area contributed by atoms with Gasteiger partial charge in [0.25, 0.3) is 31.9 Å². The summed E-state index contributed by atoms with van der Waals surface area (Å²) in [6.07, 6.45) is 24.6. The summed E-state index contributed by atoms with van der Waals surface area (Å²) in [6, 6.07) is 18.6. The molecule has 86 heavy (non-hydrogen) atoms. The minimum Gasteiger partial charge on any atom is -0.477 e. The molecule has 0 bridgehead atoms. The summed E-state index contributed by atoms with van der Waals surface area (Å²) < 4.78 is 70.5. The fraction of sp³-hybridized carbons (Fsp3) is 0.548. The Hall–Kier alpha value is -6.36. The van der Waals surface area contributed by atoms with E-state index < -0.39 is 31.9 Å². The van der Waals surface area contributed by atoms with Gasteiger partial charge in [0.2, 0.25) is 11.8 Å². The highest BCUT2D eigenvalue weighted by Crippen LogP contribution is 2.49. The Balaban J connectivity index is 0.000000205. The van der Waals surface area contributed by atoms with E-state index in [1.165, 1.54) is 123 Å². The fourth-order valence-electron chi connectivity index (χ4n) is 11.2. The van der Waals surface area contributed by atoms with Gasteiger partial charge < -0.3 is 20.1 Å². The van der Waals surface area contributed by atoms with Crippen LogP contribution in [0.15, 0.2) is 95.2 Å². The molecule has 0 radical (unpaired) electrons. The van der Waals surface area contributed by atoms with Crippen molar-refractivity contribution in [2.45, 2.75) is 167 Å². The molecular weight excluding hydrogens is 1180 g/mol. The molecule has 2 atom stereocenters. The van der Waals surface area contributed by atoms with Crippen molar-refractivity contribution in [2.24, 2.45) is 33.5 Å². The minimum absolute atomic E-state index is 0.0878. The van der Waals surface area contributed by atoms with Crippen LogP contribution in [-0.4, -0.2) is 94.5 Å². The van der Waals surface area contributed by atoms with Crippen LogP contribution in [0, 0.1) is 33.5 Å². The number of hydrogen-bond acceptors (Lipinski definition) is 16. The molecule has 10 rings (SSSR count). The Labute approximate surface area is 516 Å². The molecule has 464 valence electrons. The molecule has 6 aromatic heterocycles. The number of unbranched alkanes of at least 4 members (excludes halogenated alkanes) is 2. The highest BCUT2D eigenvalue weighted by Gasteiger charge is 2.38. The normalized spacial score (nSPS) is 18.7.